The Morgan fingerprint density at radius 1 is 1.60 bits per heavy atom. The Morgan fingerprint density at radius 2 is 2.40 bits per heavy atom. The SMILES string of the molecule is Clc1cnnn1C1CCC1. The molecule has 0 saturated heterocycles. The van der Waals surface area contributed by atoms with Gasteiger partial charge in [0.05, 0.1) is 12.2 Å². The molecule has 10 heavy (non-hydrogen) atoms. The van der Waals surface area contributed by atoms with Crippen LogP contribution in [0.4, 0.5) is 0 Å². The molecule has 4 heteroatoms. The molecule has 0 aromatic carbocycles. The van der Waals surface area contributed by atoms with Gasteiger partial charge in [-0.25, -0.2) is 4.68 Å². The summed E-state index contributed by atoms with van der Waals surface area (Å²) in [6, 6.07) is 0.523. The molecular formula is C6H8ClN3. The van der Waals surface area contributed by atoms with Gasteiger partial charge in [0, 0.05) is 0 Å². The van der Waals surface area contributed by atoms with Crippen molar-refractivity contribution in [2.45, 2.75) is 25.3 Å². The first-order valence-electron chi connectivity index (χ1n) is 3.43. The van der Waals surface area contributed by atoms with Crippen molar-refractivity contribution in [3.63, 3.8) is 0 Å². The zero-order valence-corrected chi connectivity index (χ0v) is 6.25. The molecule has 1 heterocycles. The topological polar surface area (TPSA) is 30.7 Å². The van der Waals surface area contributed by atoms with Crippen LogP contribution in [-0.2, 0) is 0 Å². The number of halogens is 1. The van der Waals surface area contributed by atoms with Crippen LogP contribution in [-0.4, -0.2) is 15.0 Å². The summed E-state index contributed by atoms with van der Waals surface area (Å²) in [7, 11) is 0. The van der Waals surface area contributed by atoms with Crippen LogP contribution < -0.4 is 0 Å². The molecule has 0 bridgehead atoms. The van der Waals surface area contributed by atoms with E-state index in [-0.39, 0.29) is 0 Å². The van der Waals surface area contributed by atoms with Gasteiger partial charge in [-0.05, 0) is 19.3 Å². The minimum atomic E-state index is 0.523. The first kappa shape index (κ1) is 6.16. The predicted octanol–water partition coefficient (Wildman–Crippen LogP) is 1.66. The predicted molar refractivity (Wildman–Crippen MR) is 37.9 cm³/mol. The van der Waals surface area contributed by atoms with Crippen molar-refractivity contribution in [1.29, 1.82) is 0 Å². The van der Waals surface area contributed by atoms with Crippen LogP contribution >= 0.6 is 11.6 Å². The Bertz CT molecular complexity index is 229. The van der Waals surface area contributed by atoms with E-state index in [1.807, 2.05) is 0 Å². The summed E-state index contributed by atoms with van der Waals surface area (Å²) in [5, 5.41) is 8.24. The first-order chi connectivity index (χ1) is 4.88. The normalized spacial score (nSPS) is 18.9. The Hall–Kier alpha value is -0.570. The molecule has 54 valence electrons. The Kier molecular flexibility index (Phi) is 1.38. The average molecular weight is 158 g/mol. The van der Waals surface area contributed by atoms with E-state index in [9.17, 15) is 0 Å². The van der Waals surface area contributed by atoms with Gasteiger partial charge in [-0.1, -0.05) is 16.8 Å². The summed E-state index contributed by atoms with van der Waals surface area (Å²) in [5.74, 6) is 0. The molecule has 1 aromatic heterocycles. The monoisotopic (exact) mass is 157 g/mol. The maximum atomic E-state index is 5.79. The molecule has 0 atom stereocenters. The van der Waals surface area contributed by atoms with Gasteiger partial charge in [0.25, 0.3) is 0 Å². The van der Waals surface area contributed by atoms with Crippen molar-refractivity contribution >= 4 is 11.6 Å². The zero-order valence-electron chi connectivity index (χ0n) is 5.50. The second-order valence-corrected chi connectivity index (χ2v) is 2.97. The van der Waals surface area contributed by atoms with Crippen molar-refractivity contribution in [3.05, 3.63) is 11.3 Å². The molecule has 0 N–H and O–H groups in total. The number of aromatic nitrogens is 3. The molecule has 1 fully saturated rings. The number of hydrogen-bond acceptors (Lipinski definition) is 2. The smallest absolute Gasteiger partial charge is 0.147 e. The standard InChI is InChI=1S/C6H8ClN3/c7-6-4-8-9-10(6)5-2-1-3-5/h4-5H,1-3H2. The van der Waals surface area contributed by atoms with Gasteiger partial charge >= 0.3 is 0 Å². The molecule has 1 aliphatic rings. The lowest BCUT2D eigenvalue weighted by Gasteiger charge is -2.25. The second kappa shape index (κ2) is 2.23. The first-order valence-corrected chi connectivity index (χ1v) is 3.81. The van der Waals surface area contributed by atoms with E-state index in [0.29, 0.717) is 11.2 Å². The Balaban J connectivity index is 2.23. The van der Waals surface area contributed by atoms with E-state index in [1.54, 1.807) is 10.9 Å². The van der Waals surface area contributed by atoms with Gasteiger partial charge in [-0.3, -0.25) is 0 Å². The minimum Gasteiger partial charge on any atom is -0.231 e. The minimum absolute atomic E-state index is 0.523. The lowest BCUT2D eigenvalue weighted by molar-refractivity contribution is 0.285. The molecule has 0 radical (unpaired) electrons. The van der Waals surface area contributed by atoms with Crippen LogP contribution in [0.5, 0.6) is 0 Å². The highest BCUT2D eigenvalue weighted by molar-refractivity contribution is 6.29. The molecular weight excluding hydrogens is 150 g/mol. The highest BCUT2D eigenvalue weighted by atomic mass is 35.5. The van der Waals surface area contributed by atoms with Crippen molar-refractivity contribution < 1.29 is 0 Å². The van der Waals surface area contributed by atoms with Gasteiger partial charge in [-0.2, -0.15) is 0 Å². The molecule has 3 nitrogen and oxygen atoms in total. The molecule has 0 aliphatic heterocycles. The van der Waals surface area contributed by atoms with E-state index in [4.69, 9.17) is 11.6 Å². The molecule has 1 aromatic rings. The van der Waals surface area contributed by atoms with Crippen LogP contribution in [0.3, 0.4) is 0 Å². The molecule has 1 aliphatic carbocycles. The molecule has 1 saturated carbocycles. The van der Waals surface area contributed by atoms with Gasteiger partial charge < -0.3 is 0 Å². The van der Waals surface area contributed by atoms with Crippen molar-refractivity contribution in [2.75, 3.05) is 0 Å². The number of hydrogen-bond donors (Lipinski definition) is 0. The number of rotatable bonds is 1. The summed E-state index contributed by atoms with van der Waals surface area (Å²) >= 11 is 5.79. The molecule has 0 spiro atoms. The van der Waals surface area contributed by atoms with Gasteiger partial charge in [0.2, 0.25) is 0 Å². The third-order valence-corrected chi connectivity index (χ3v) is 2.22. The van der Waals surface area contributed by atoms with E-state index in [1.165, 1.54) is 19.3 Å². The highest BCUT2D eigenvalue weighted by Gasteiger charge is 2.21. The largest absolute Gasteiger partial charge is 0.231 e. The summed E-state index contributed by atoms with van der Waals surface area (Å²) in [4.78, 5) is 0. The van der Waals surface area contributed by atoms with Gasteiger partial charge in [0.1, 0.15) is 5.15 Å². The fourth-order valence-electron chi connectivity index (χ4n) is 1.11. The zero-order chi connectivity index (χ0) is 6.97. The average Bonchev–Trinajstić information content (AvgIpc) is 2.12. The van der Waals surface area contributed by atoms with Crippen LogP contribution in [0.1, 0.15) is 25.3 Å². The Morgan fingerprint density at radius 3 is 2.80 bits per heavy atom. The number of nitrogens with zero attached hydrogens (tertiary/aromatic N) is 3. The van der Waals surface area contributed by atoms with Crippen LogP contribution in [0.25, 0.3) is 0 Å². The van der Waals surface area contributed by atoms with Crippen molar-refractivity contribution in [2.24, 2.45) is 0 Å². The second-order valence-electron chi connectivity index (χ2n) is 2.59. The summed E-state index contributed by atoms with van der Waals surface area (Å²) in [6.07, 6.45) is 5.27. The maximum absolute atomic E-state index is 5.79. The Labute approximate surface area is 64.0 Å². The van der Waals surface area contributed by atoms with E-state index in [0.717, 1.165) is 0 Å². The third kappa shape index (κ3) is 0.814. The fourth-order valence-corrected chi connectivity index (χ4v) is 1.33. The van der Waals surface area contributed by atoms with Gasteiger partial charge in [-0.15, -0.1) is 5.10 Å². The van der Waals surface area contributed by atoms with E-state index >= 15 is 0 Å². The van der Waals surface area contributed by atoms with Gasteiger partial charge in [0.15, 0.2) is 0 Å². The van der Waals surface area contributed by atoms with Crippen LogP contribution in [0.15, 0.2) is 6.20 Å². The van der Waals surface area contributed by atoms with E-state index in [2.05, 4.69) is 10.3 Å². The molecule has 2 rings (SSSR count). The lowest BCUT2D eigenvalue weighted by Crippen LogP contribution is -2.18. The van der Waals surface area contributed by atoms with E-state index < -0.39 is 0 Å². The van der Waals surface area contributed by atoms with Crippen LogP contribution in [0.2, 0.25) is 5.15 Å². The molecule has 0 amide bonds. The van der Waals surface area contributed by atoms with Crippen molar-refractivity contribution in [1.82, 2.24) is 15.0 Å². The maximum Gasteiger partial charge on any atom is 0.147 e. The summed E-state index contributed by atoms with van der Waals surface area (Å²) in [5.41, 5.74) is 0. The lowest BCUT2D eigenvalue weighted by atomic mass is 9.93. The van der Waals surface area contributed by atoms with Crippen LogP contribution in [0, 0.1) is 0 Å². The highest BCUT2D eigenvalue weighted by Crippen LogP contribution is 2.32. The molecule has 0 unspecified atom stereocenters. The fraction of sp³-hybridized carbons (Fsp3) is 0.667. The quantitative estimate of drug-likeness (QED) is 0.621. The summed E-state index contributed by atoms with van der Waals surface area (Å²) in [6.45, 7) is 0. The third-order valence-electron chi connectivity index (χ3n) is 1.95. The van der Waals surface area contributed by atoms with Crippen molar-refractivity contribution in [3.8, 4) is 0 Å². The summed E-state index contributed by atoms with van der Waals surface area (Å²) < 4.78 is 1.80.